The second kappa shape index (κ2) is 6.95. The van der Waals surface area contributed by atoms with Gasteiger partial charge in [-0.25, -0.2) is 0 Å². The van der Waals surface area contributed by atoms with Crippen LogP contribution in [0.1, 0.15) is 21.8 Å². The number of amides is 1. The van der Waals surface area contributed by atoms with Crippen LogP contribution >= 0.6 is 0 Å². The van der Waals surface area contributed by atoms with E-state index in [2.05, 4.69) is 15.5 Å². The Morgan fingerprint density at radius 1 is 1.12 bits per heavy atom. The number of hydrogen-bond donors (Lipinski definition) is 1. The fourth-order valence-electron chi connectivity index (χ4n) is 2.22. The molecule has 3 aromatic rings. The van der Waals surface area contributed by atoms with E-state index in [1.807, 2.05) is 37.3 Å². The zero-order chi connectivity index (χ0) is 16.9. The summed E-state index contributed by atoms with van der Waals surface area (Å²) in [4.78, 5) is 12.2. The topological polar surface area (TPSA) is 77.2 Å². The van der Waals surface area contributed by atoms with Crippen LogP contribution in [0.2, 0.25) is 0 Å². The average molecular weight is 323 g/mol. The van der Waals surface area contributed by atoms with E-state index in [1.165, 1.54) is 7.11 Å². The van der Waals surface area contributed by atoms with Crippen LogP contribution in [0.25, 0.3) is 11.5 Å². The summed E-state index contributed by atoms with van der Waals surface area (Å²) in [7, 11) is 1.53. The third-order valence-corrected chi connectivity index (χ3v) is 3.52. The van der Waals surface area contributed by atoms with Gasteiger partial charge in [0.25, 0.3) is 5.91 Å². The van der Waals surface area contributed by atoms with Gasteiger partial charge in [0, 0.05) is 5.56 Å². The molecule has 6 nitrogen and oxygen atoms in total. The predicted octanol–water partition coefficient (Wildman–Crippen LogP) is 2.98. The zero-order valence-corrected chi connectivity index (χ0v) is 13.4. The van der Waals surface area contributed by atoms with Gasteiger partial charge in [0.1, 0.15) is 5.75 Å². The van der Waals surface area contributed by atoms with Gasteiger partial charge in [-0.05, 0) is 31.2 Å². The van der Waals surface area contributed by atoms with Crippen molar-refractivity contribution in [3.8, 4) is 17.2 Å². The van der Waals surface area contributed by atoms with E-state index >= 15 is 0 Å². The van der Waals surface area contributed by atoms with E-state index in [9.17, 15) is 4.79 Å². The van der Waals surface area contributed by atoms with Crippen molar-refractivity contribution in [2.75, 3.05) is 7.11 Å². The van der Waals surface area contributed by atoms with Gasteiger partial charge in [0.2, 0.25) is 11.8 Å². The summed E-state index contributed by atoms with van der Waals surface area (Å²) in [6, 6.07) is 14.8. The lowest BCUT2D eigenvalue weighted by atomic mass is 10.1. The van der Waals surface area contributed by atoms with Crippen LogP contribution < -0.4 is 10.1 Å². The molecular formula is C18H17N3O3. The summed E-state index contributed by atoms with van der Waals surface area (Å²) in [5, 5.41) is 10.7. The number of nitrogens with zero attached hydrogens (tertiary/aromatic N) is 2. The van der Waals surface area contributed by atoms with Gasteiger partial charge in [0.15, 0.2) is 0 Å². The molecule has 3 rings (SSSR count). The van der Waals surface area contributed by atoms with E-state index in [0.717, 1.165) is 11.1 Å². The highest BCUT2D eigenvalue weighted by Gasteiger charge is 2.13. The lowest BCUT2D eigenvalue weighted by molar-refractivity contribution is 0.0944. The van der Waals surface area contributed by atoms with Crippen molar-refractivity contribution in [2.24, 2.45) is 0 Å². The van der Waals surface area contributed by atoms with E-state index in [1.54, 1.807) is 18.2 Å². The third-order valence-electron chi connectivity index (χ3n) is 3.52. The van der Waals surface area contributed by atoms with Crippen molar-refractivity contribution in [2.45, 2.75) is 13.5 Å². The Labute approximate surface area is 139 Å². The molecular weight excluding hydrogens is 306 g/mol. The number of rotatable bonds is 5. The molecule has 6 heteroatoms. The summed E-state index contributed by atoms with van der Waals surface area (Å²) in [6.07, 6.45) is 0. The van der Waals surface area contributed by atoms with Gasteiger partial charge in [-0.15, -0.1) is 10.2 Å². The van der Waals surface area contributed by atoms with Crippen LogP contribution in [-0.4, -0.2) is 23.2 Å². The van der Waals surface area contributed by atoms with Crippen molar-refractivity contribution >= 4 is 5.91 Å². The first kappa shape index (κ1) is 15.7. The second-order valence-corrected chi connectivity index (χ2v) is 5.25. The molecule has 0 atom stereocenters. The van der Waals surface area contributed by atoms with Crippen molar-refractivity contribution in [1.29, 1.82) is 0 Å². The van der Waals surface area contributed by atoms with Gasteiger partial charge in [-0.2, -0.15) is 0 Å². The summed E-state index contributed by atoms with van der Waals surface area (Å²) in [5.41, 5.74) is 2.45. The first-order valence-electron chi connectivity index (χ1n) is 7.48. The Morgan fingerprint density at radius 3 is 2.62 bits per heavy atom. The number of para-hydroxylation sites is 1. The molecule has 0 aliphatic rings. The lowest BCUT2D eigenvalue weighted by Crippen LogP contribution is -2.23. The highest BCUT2D eigenvalue weighted by atomic mass is 16.5. The molecule has 2 aromatic carbocycles. The smallest absolute Gasteiger partial charge is 0.255 e. The zero-order valence-electron chi connectivity index (χ0n) is 13.4. The Hall–Kier alpha value is -3.15. The second-order valence-electron chi connectivity index (χ2n) is 5.25. The largest absolute Gasteiger partial charge is 0.496 e. The third kappa shape index (κ3) is 3.43. The summed E-state index contributed by atoms with van der Waals surface area (Å²) < 4.78 is 10.8. The average Bonchev–Trinajstić information content (AvgIpc) is 3.09. The molecule has 0 radical (unpaired) electrons. The Kier molecular flexibility index (Phi) is 4.56. The molecule has 0 aliphatic heterocycles. The van der Waals surface area contributed by atoms with Crippen molar-refractivity contribution < 1.29 is 13.9 Å². The van der Waals surface area contributed by atoms with E-state index in [4.69, 9.17) is 9.15 Å². The molecule has 122 valence electrons. The maximum absolute atomic E-state index is 12.2. The quantitative estimate of drug-likeness (QED) is 0.781. The number of aromatic nitrogens is 2. The predicted molar refractivity (Wildman–Crippen MR) is 88.6 cm³/mol. The summed E-state index contributed by atoms with van der Waals surface area (Å²) in [5.74, 6) is 1.02. The Balaban J connectivity index is 1.67. The molecule has 0 unspecified atom stereocenters. The first-order valence-corrected chi connectivity index (χ1v) is 7.48. The fraction of sp³-hybridized carbons (Fsp3) is 0.167. The number of aryl methyl sites for hydroxylation is 1. The molecule has 1 aromatic heterocycles. The van der Waals surface area contributed by atoms with E-state index in [0.29, 0.717) is 23.1 Å². The number of benzene rings is 2. The molecule has 0 saturated heterocycles. The molecule has 0 aliphatic carbocycles. The number of carbonyl (C=O) groups excluding carboxylic acids is 1. The molecule has 0 fully saturated rings. The van der Waals surface area contributed by atoms with Gasteiger partial charge in [-0.3, -0.25) is 4.79 Å². The van der Waals surface area contributed by atoms with Crippen molar-refractivity contribution in [1.82, 2.24) is 15.5 Å². The van der Waals surface area contributed by atoms with Gasteiger partial charge in [0.05, 0.1) is 19.2 Å². The first-order chi connectivity index (χ1) is 11.7. The number of carbonyl (C=O) groups is 1. The standard InChI is InChI=1S/C18H17N3O3/c1-12-7-9-13(10-8-12)18-21-20-16(24-18)11-19-17(22)14-5-3-4-6-15(14)23-2/h3-10H,11H2,1-2H3,(H,19,22). The minimum absolute atomic E-state index is 0.149. The van der Waals surface area contributed by atoms with Gasteiger partial charge < -0.3 is 14.5 Å². The van der Waals surface area contributed by atoms with Gasteiger partial charge >= 0.3 is 0 Å². The Morgan fingerprint density at radius 2 is 1.88 bits per heavy atom. The monoisotopic (exact) mass is 323 g/mol. The number of hydrogen-bond acceptors (Lipinski definition) is 5. The highest BCUT2D eigenvalue weighted by Crippen LogP contribution is 2.19. The molecule has 24 heavy (non-hydrogen) atoms. The van der Waals surface area contributed by atoms with Crippen molar-refractivity contribution in [3.05, 3.63) is 65.5 Å². The van der Waals surface area contributed by atoms with Crippen LogP contribution in [-0.2, 0) is 6.54 Å². The number of methoxy groups -OCH3 is 1. The van der Waals surface area contributed by atoms with Crippen molar-refractivity contribution in [3.63, 3.8) is 0 Å². The minimum Gasteiger partial charge on any atom is -0.496 e. The molecule has 0 saturated carbocycles. The molecule has 1 amide bonds. The maximum Gasteiger partial charge on any atom is 0.255 e. The Bertz CT molecular complexity index is 841. The van der Waals surface area contributed by atoms with Crippen LogP contribution in [0.3, 0.4) is 0 Å². The molecule has 1 N–H and O–H groups in total. The lowest BCUT2D eigenvalue weighted by Gasteiger charge is -2.07. The fourth-order valence-corrected chi connectivity index (χ4v) is 2.22. The number of ether oxygens (including phenoxy) is 1. The normalized spacial score (nSPS) is 10.4. The van der Waals surface area contributed by atoms with Crippen LogP contribution in [0.4, 0.5) is 0 Å². The maximum atomic E-state index is 12.2. The highest BCUT2D eigenvalue weighted by molar-refractivity contribution is 5.96. The van der Waals surface area contributed by atoms with Crippen LogP contribution in [0.15, 0.2) is 52.9 Å². The van der Waals surface area contributed by atoms with E-state index in [-0.39, 0.29) is 12.5 Å². The van der Waals surface area contributed by atoms with Crippen LogP contribution in [0.5, 0.6) is 5.75 Å². The van der Waals surface area contributed by atoms with E-state index < -0.39 is 0 Å². The minimum atomic E-state index is -0.262. The van der Waals surface area contributed by atoms with Gasteiger partial charge in [-0.1, -0.05) is 29.8 Å². The SMILES string of the molecule is COc1ccccc1C(=O)NCc1nnc(-c2ccc(C)cc2)o1. The van der Waals surface area contributed by atoms with Crippen LogP contribution in [0, 0.1) is 6.92 Å². The molecule has 0 bridgehead atoms. The summed E-state index contributed by atoms with van der Waals surface area (Å²) >= 11 is 0. The summed E-state index contributed by atoms with van der Waals surface area (Å²) in [6.45, 7) is 2.16. The molecule has 0 spiro atoms. The molecule has 1 heterocycles. The number of nitrogens with one attached hydrogen (secondary N) is 1.